The maximum atomic E-state index is 5.37. The smallest absolute Gasteiger partial charge is 0.166 e. The zero-order chi connectivity index (χ0) is 11.0. The second kappa shape index (κ2) is 4.17. The van der Waals surface area contributed by atoms with Crippen LogP contribution in [-0.2, 0) is 0 Å². The first-order valence-corrected chi connectivity index (χ1v) is 7.24. The lowest BCUT2D eigenvalue weighted by Gasteiger charge is -2.19. The van der Waals surface area contributed by atoms with Crippen molar-refractivity contribution in [3.8, 4) is 0 Å². The zero-order valence-electron chi connectivity index (χ0n) is 9.93. The van der Waals surface area contributed by atoms with Gasteiger partial charge in [-0.15, -0.1) is 0 Å². The quantitative estimate of drug-likeness (QED) is 0.736. The highest BCUT2D eigenvalue weighted by molar-refractivity contribution is 7.80. The van der Waals surface area contributed by atoms with Crippen LogP contribution in [0.4, 0.5) is 0 Å². The molecule has 16 heavy (non-hydrogen) atoms. The van der Waals surface area contributed by atoms with Gasteiger partial charge in [0, 0.05) is 12.6 Å². The van der Waals surface area contributed by atoms with E-state index >= 15 is 0 Å². The zero-order valence-corrected chi connectivity index (χ0v) is 10.7. The minimum Gasteiger partial charge on any atom is -0.362 e. The largest absolute Gasteiger partial charge is 0.362 e. The molecule has 3 saturated carbocycles. The van der Waals surface area contributed by atoms with Gasteiger partial charge < -0.3 is 10.6 Å². The van der Waals surface area contributed by atoms with Crippen LogP contribution in [0.3, 0.4) is 0 Å². The molecule has 0 spiro atoms. The second-order valence-electron chi connectivity index (χ2n) is 5.95. The molecule has 0 unspecified atom stereocenters. The van der Waals surface area contributed by atoms with E-state index in [1.54, 1.807) is 0 Å². The van der Waals surface area contributed by atoms with E-state index in [2.05, 4.69) is 10.6 Å². The van der Waals surface area contributed by atoms with Crippen LogP contribution in [0.25, 0.3) is 0 Å². The third-order valence-corrected chi connectivity index (χ3v) is 4.89. The fourth-order valence-electron chi connectivity index (χ4n) is 3.15. The van der Waals surface area contributed by atoms with Crippen LogP contribution in [0.1, 0.15) is 51.4 Å². The van der Waals surface area contributed by atoms with E-state index in [0.29, 0.717) is 11.5 Å². The average Bonchev–Trinajstić information content (AvgIpc) is 3.16. The molecule has 90 valence electrons. The molecule has 0 bridgehead atoms. The van der Waals surface area contributed by atoms with Gasteiger partial charge in [-0.2, -0.15) is 0 Å². The topological polar surface area (TPSA) is 24.1 Å². The fourth-order valence-corrected chi connectivity index (χ4v) is 3.39. The third-order valence-electron chi connectivity index (χ3n) is 4.63. The van der Waals surface area contributed by atoms with Gasteiger partial charge in [0.15, 0.2) is 5.11 Å². The standard InChI is InChI=1S/C13H22N2S/c16-12(15-11-3-1-2-4-11)14-9-13(7-8-13)10-5-6-10/h10-11H,1-9H2,(H2,14,15,16). The molecule has 2 nitrogen and oxygen atoms in total. The molecule has 0 amide bonds. The Morgan fingerprint density at radius 1 is 1.12 bits per heavy atom. The number of thiocarbonyl (C=S) groups is 1. The van der Waals surface area contributed by atoms with Crippen molar-refractivity contribution in [1.82, 2.24) is 10.6 Å². The summed E-state index contributed by atoms with van der Waals surface area (Å²) in [6.45, 7) is 1.12. The minimum atomic E-state index is 0.649. The Kier molecular flexibility index (Phi) is 2.82. The van der Waals surface area contributed by atoms with Crippen LogP contribution < -0.4 is 10.6 Å². The maximum Gasteiger partial charge on any atom is 0.166 e. The molecule has 3 aliphatic rings. The van der Waals surface area contributed by atoms with E-state index in [-0.39, 0.29) is 0 Å². The van der Waals surface area contributed by atoms with E-state index in [1.807, 2.05) is 0 Å². The molecule has 0 aliphatic heterocycles. The molecule has 0 aromatic rings. The number of nitrogens with one attached hydrogen (secondary N) is 2. The molecule has 0 atom stereocenters. The summed E-state index contributed by atoms with van der Waals surface area (Å²) >= 11 is 5.37. The fraction of sp³-hybridized carbons (Fsp3) is 0.923. The lowest BCUT2D eigenvalue weighted by molar-refractivity contribution is 0.431. The van der Waals surface area contributed by atoms with Crippen LogP contribution in [0, 0.1) is 11.3 Å². The summed E-state index contributed by atoms with van der Waals surface area (Å²) in [6.07, 6.45) is 11.1. The van der Waals surface area contributed by atoms with Crippen molar-refractivity contribution >= 4 is 17.3 Å². The van der Waals surface area contributed by atoms with Gasteiger partial charge in [-0.3, -0.25) is 0 Å². The van der Waals surface area contributed by atoms with E-state index in [1.165, 1.54) is 51.4 Å². The average molecular weight is 238 g/mol. The molecule has 0 aromatic carbocycles. The van der Waals surface area contributed by atoms with Gasteiger partial charge in [-0.25, -0.2) is 0 Å². The van der Waals surface area contributed by atoms with Crippen molar-refractivity contribution < 1.29 is 0 Å². The molecule has 0 heterocycles. The van der Waals surface area contributed by atoms with Crippen molar-refractivity contribution in [2.45, 2.75) is 57.4 Å². The van der Waals surface area contributed by atoms with E-state index in [9.17, 15) is 0 Å². The Morgan fingerprint density at radius 3 is 2.38 bits per heavy atom. The normalized spacial score (nSPS) is 27.8. The highest BCUT2D eigenvalue weighted by Crippen LogP contribution is 2.60. The molecule has 0 radical (unpaired) electrons. The van der Waals surface area contributed by atoms with Crippen molar-refractivity contribution in [1.29, 1.82) is 0 Å². The highest BCUT2D eigenvalue weighted by atomic mass is 32.1. The summed E-state index contributed by atoms with van der Waals surface area (Å²) in [5.74, 6) is 1.02. The highest BCUT2D eigenvalue weighted by Gasteiger charge is 2.53. The van der Waals surface area contributed by atoms with Gasteiger partial charge in [-0.05, 0) is 62.1 Å². The molecule has 0 aromatic heterocycles. The Hall–Kier alpha value is -0.310. The third kappa shape index (κ3) is 2.34. The van der Waals surface area contributed by atoms with Crippen LogP contribution in [0.2, 0.25) is 0 Å². The molecule has 0 saturated heterocycles. The lowest BCUT2D eigenvalue weighted by Crippen LogP contribution is -2.43. The molecular weight excluding hydrogens is 216 g/mol. The summed E-state index contributed by atoms with van der Waals surface area (Å²) in [6, 6.07) is 0.649. The first-order chi connectivity index (χ1) is 7.78. The maximum absolute atomic E-state index is 5.37. The van der Waals surface area contributed by atoms with Crippen LogP contribution in [0.15, 0.2) is 0 Å². The summed E-state index contributed by atoms with van der Waals surface area (Å²) in [5, 5.41) is 7.81. The van der Waals surface area contributed by atoms with Crippen molar-refractivity contribution in [2.24, 2.45) is 11.3 Å². The first-order valence-electron chi connectivity index (χ1n) is 6.83. The van der Waals surface area contributed by atoms with Gasteiger partial charge in [0.2, 0.25) is 0 Å². The summed E-state index contributed by atoms with van der Waals surface area (Å²) < 4.78 is 0. The van der Waals surface area contributed by atoms with Crippen LogP contribution in [0.5, 0.6) is 0 Å². The van der Waals surface area contributed by atoms with Crippen LogP contribution >= 0.6 is 12.2 Å². The predicted molar refractivity (Wildman–Crippen MR) is 70.4 cm³/mol. The Labute approximate surface area is 104 Å². The summed E-state index contributed by atoms with van der Waals surface area (Å²) in [5.41, 5.74) is 0.654. The van der Waals surface area contributed by atoms with Crippen LogP contribution in [-0.4, -0.2) is 17.7 Å². The molecule has 3 heteroatoms. The minimum absolute atomic E-state index is 0.649. The second-order valence-corrected chi connectivity index (χ2v) is 6.35. The number of rotatable bonds is 4. The van der Waals surface area contributed by atoms with E-state index < -0.39 is 0 Å². The summed E-state index contributed by atoms with van der Waals surface area (Å²) in [4.78, 5) is 0. The molecular formula is C13H22N2S. The van der Waals surface area contributed by atoms with Gasteiger partial charge >= 0.3 is 0 Å². The van der Waals surface area contributed by atoms with Crippen molar-refractivity contribution in [2.75, 3.05) is 6.54 Å². The monoisotopic (exact) mass is 238 g/mol. The van der Waals surface area contributed by atoms with Gasteiger partial charge in [-0.1, -0.05) is 12.8 Å². The van der Waals surface area contributed by atoms with Gasteiger partial charge in [0.25, 0.3) is 0 Å². The number of hydrogen-bond donors (Lipinski definition) is 2. The van der Waals surface area contributed by atoms with Gasteiger partial charge in [0.05, 0.1) is 0 Å². The Balaban J connectivity index is 1.39. The molecule has 3 fully saturated rings. The molecule has 3 rings (SSSR count). The predicted octanol–water partition coefficient (Wildman–Crippen LogP) is 2.58. The SMILES string of the molecule is S=C(NCC1(C2CC2)CC1)NC1CCCC1. The van der Waals surface area contributed by atoms with Crippen molar-refractivity contribution in [3.63, 3.8) is 0 Å². The molecule has 3 aliphatic carbocycles. The van der Waals surface area contributed by atoms with Gasteiger partial charge in [0.1, 0.15) is 0 Å². The first kappa shape index (κ1) is 10.8. The number of hydrogen-bond acceptors (Lipinski definition) is 1. The van der Waals surface area contributed by atoms with Crippen molar-refractivity contribution in [3.05, 3.63) is 0 Å². The Morgan fingerprint density at radius 2 is 1.81 bits per heavy atom. The van der Waals surface area contributed by atoms with E-state index in [4.69, 9.17) is 12.2 Å². The van der Waals surface area contributed by atoms with E-state index in [0.717, 1.165) is 17.6 Å². The lowest BCUT2D eigenvalue weighted by atomic mass is 10.0. The summed E-state index contributed by atoms with van der Waals surface area (Å²) in [7, 11) is 0. The Bertz CT molecular complexity index is 276. The molecule has 2 N–H and O–H groups in total.